The van der Waals surface area contributed by atoms with Gasteiger partial charge in [-0.05, 0) is 45.5 Å². The molecule has 3 aromatic rings. The Bertz CT molecular complexity index is 931. The van der Waals surface area contributed by atoms with E-state index in [-0.39, 0.29) is 11.8 Å². The predicted molar refractivity (Wildman–Crippen MR) is 101 cm³/mol. The lowest BCUT2D eigenvalue weighted by molar-refractivity contribution is 0.103. The lowest BCUT2D eigenvalue weighted by Gasteiger charge is -2.09. The maximum absolute atomic E-state index is 13.1. The SMILES string of the molecule is CNC(C)Cc1noc(-c2ccccc2C(=O)c2cc(C)ccc2C)n1. The summed E-state index contributed by atoms with van der Waals surface area (Å²) in [6.45, 7) is 5.97. The van der Waals surface area contributed by atoms with Crippen molar-refractivity contribution in [3.8, 4) is 11.5 Å². The van der Waals surface area contributed by atoms with Crippen LogP contribution in [0.25, 0.3) is 11.5 Å². The number of ketones is 1. The van der Waals surface area contributed by atoms with Gasteiger partial charge in [0.1, 0.15) is 0 Å². The second-order valence-electron chi connectivity index (χ2n) is 6.60. The van der Waals surface area contributed by atoms with Gasteiger partial charge in [-0.15, -0.1) is 0 Å². The zero-order chi connectivity index (χ0) is 18.7. The highest BCUT2D eigenvalue weighted by atomic mass is 16.5. The zero-order valence-electron chi connectivity index (χ0n) is 15.5. The Morgan fingerprint density at radius 2 is 1.92 bits per heavy atom. The van der Waals surface area contributed by atoms with Gasteiger partial charge in [-0.3, -0.25) is 4.79 Å². The fourth-order valence-electron chi connectivity index (χ4n) is 2.82. The molecule has 0 aliphatic rings. The lowest BCUT2D eigenvalue weighted by Crippen LogP contribution is -2.24. The van der Waals surface area contributed by atoms with Crippen LogP contribution in [0.1, 0.15) is 39.8 Å². The summed E-state index contributed by atoms with van der Waals surface area (Å²) in [6, 6.07) is 13.5. The van der Waals surface area contributed by atoms with Gasteiger partial charge in [-0.2, -0.15) is 4.98 Å². The maximum atomic E-state index is 13.1. The Kier molecular flexibility index (Phi) is 5.28. The minimum Gasteiger partial charge on any atom is -0.334 e. The summed E-state index contributed by atoms with van der Waals surface area (Å²) < 4.78 is 5.44. The first-order valence-corrected chi connectivity index (χ1v) is 8.70. The largest absolute Gasteiger partial charge is 0.334 e. The number of nitrogens with zero attached hydrogens (tertiary/aromatic N) is 2. The van der Waals surface area contributed by atoms with Crippen LogP contribution in [0.15, 0.2) is 47.0 Å². The Labute approximate surface area is 153 Å². The van der Waals surface area contributed by atoms with Crippen LogP contribution in [0.2, 0.25) is 0 Å². The number of nitrogens with one attached hydrogen (secondary N) is 1. The molecule has 26 heavy (non-hydrogen) atoms. The van der Waals surface area contributed by atoms with Gasteiger partial charge < -0.3 is 9.84 Å². The molecule has 0 bridgehead atoms. The van der Waals surface area contributed by atoms with Crippen LogP contribution in [0.3, 0.4) is 0 Å². The molecule has 2 aromatic carbocycles. The molecular formula is C21H23N3O2. The summed E-state index contributed by atoms with van der Waals surface area (Å²) >= 11 is 0. The van der Waals surface area contributed by atoms with Gasteiger partial charge >= 0.3 is 0 Å². The Morgan fingerprint density at radius 3 is 2.69 bits per heavy atom. The van der Waals surface area contributed by atoms with Gasteiger partial charge in [-0.1, -0.05) is 41.1 Å². The third kappa shape index (κ3) is 3.73. The predicted octanol–water partition coefficient (Wildman–Crippen LogP) is 3.73. The van der Waals surface area contributed by atoms with Gasteiger partial charge in [0.2, 0.25) is 0 Å². The summed E-state index contributed by atoms with van der Waals surface area (Å²) in [7, 11) is 1.89. The average Bonchev–Trinajstić information content (AvgIpc) is 3.11. The Hall–Kier alpha value is -2.79. The smallest absolute Gasteiger partial charge is 0.258 e. The number of carbonyl (C=O) groups excluding carboxylic acids is 1. The van der Waals surface area contributed by atoms with Crippen molar-refractivity contribution in [2.45, 2.75) is 33.2 Å². The summed E-state index contributed by atoms with van der Waals surface area (Å²) in [5, 5.41) is 7.20. The van der Waals surface area contributed by atoms with Crippen LogP contribution in [0.4, 0.5) is 0 Å². The van der Waals surface area contributed by atoms with Crippen LogP contribution in [0, 0.1) is 13.8 Å². The highest BCUT2D eigenvalue weighted by Crippen LogP contribution is 2.26. The van der Waals surface area contributed by atoms with Crippen molar-refractivity contribution in [3.05, 3.63) is 70.5 Å². The summed E-state index contributed by atoms with van der Waals surface area (Å²) in [5.74, 6) is 0.957. The van der Waals surface area contributed by atoms with Gasteiger partial charge in [0, 0.05) is 23.6 Å². The molecule has 0 aliphatic heterocycles. The normalized spacial score (nSPS) is 12.2. The number of aromatic nitrogens is 2. The number of aryl methyl sites for hydroxylation is 2. The molecule has 1 heterocycles. The van der Waals surface area contributed by atoms with E-state index in [1.165, 1.54) is 0 Å². The van der Waals surface area contributed by atoms with Gasteiger partial charge in [0.15, 0.2) is 11.6 Å². The first-order chi connectivity index (χ1) is 12.5. The molecule has 134 valence electrons. The number of hydrogen-bond donors (Lipinski definition) is 1. The molecule has 1 atom stereocenters. The first-order valence-electron chi connectivity index (χ1n) is 8.70. The van der Waals surface area contributed by atoms with E-state index in [0.717, 1.165) is 11.1 Å². The van der Waals surface area contributed by atoms with Crippen molar-refractivity contribution in [3.63, 3.8) is 0 Å². The van der Waals surface area contributed by atoms with Crippen LogP contribution in [0.5, 0.6) is 0 Å². The molecule has 0 saturated heterocycles. The first kappa shape index (κ1) is 18.0. The number of carbonyl (C=O) groups is 1. The van der Waals surface area contributed by atoms with E-state index in [9.17, 15) is 4.79 Å². The summed E-state index contributed by atoms with van der Waals surface area (Å²) in [6.07, 6.45) is 0.660. The molecule has 0 amide bonds. The van der Waals surface area contributed by atoms with Crippen molar-refractivity contribution in [2.75, 3.05) is 7.05 Å². The van der Waals surface area contributed by atoms with E-state index >= 15 is 0 Å². The second kappa shape index (κ2) is 7.62. The molecule has 0 radical (unpaired) electrons. The third-order valence-corrected chi connectivity index (χ3v) is 4.49. The molecule has 0 aliphatic carbocycles. The van der Waals surface area contributed by atoms with Crippen molar-refractivity contribution >= 4 is 5.78 Å². The Morgan fingerprint density at radius 1 is 1.15 bits per heavy atom. The van der Waals surface area contributed by atoms with Gasteiger partial charge in [0.25, 0.3) is 5.89 Å². The topological polar surface area (TPSA) is 68.0 Å². The standard InChI is InChI=1S/C21H23N3O2/c1-13-9-10-14(2)18(11-13)20(25)16-7-5-6-8-17(16)21-23-19(24-26-21)12-15(3)22-4/h5-11,15,22H,12H2,1-4H3. The molecule has 0 saturated carbocycles. The summed E-state index contributed by atoms with van der Waals surface area (Å²) in [5.41, 5.74) is 3.93. The monoisotopic (exact) mass is 349 g/mol. The number of rotatable bonds is 6. The molecule has 1 unspecified atom stereocenters. The van der Waals surface area contributed by atoms with Crippen LogP contribution in [-0.2, 0) is 6.42 Å². The Balaban J connectivity index is 1.99. The molecule has 0 fully saturated rings. The molecule has 1 aromatic heterocycles. The molecular weight excluding hydrogens is 326 g/mol. The molecule has 3 rings (SSSR count). The van der Waals surface area contributed by atoms with Crippen LogP contribution < -0.4 is 5.32 Å². The summed E-state index contributed by atoms with van der Waals surface area (Å²) in [4.78, 5) is 17.6. The van der Waals surface area contributed by atoms with Gasteiger partial charge in [-0.25, -0.2) is 0 Å². The fraction of sp³-hybridized carbons (Fsp3) is 0.286. The van der Waals surface area contributed by atoms with Crippen LogP contribution in [-0.4, -0.2) is 29.0 Å². The molecule has 1 N–H and O–H groups in total. The third-order valence-electron chi connectivity index (χ3n) is 4.49. The van der Waals surface area contributed by atoms with E-state index in [1.54, 1.807) is 6.07 Å². The molecule has 5 nitrogen and oxygen atoms in total. The van der Waals surface area contributed by atoms with E-state index in [4.69, 9.17) is 4.52 Å². The minimum absolute atomic E-state index is 0.0369. The highest BCUT2D eigenvalue weighted by Gasteiger charge is 2.20. The van der Waals surface area contributed by atoms with Gasteiger partial charge in [0.05, 0.1) is 5.56 Å². The number of likely N-dealkylation sites (N-methyl/N-ethyl adjacent to an activating group) is 1. The quantitative estimate of drug-likeness (QED) is 0.687. The lowest BCUT2D eigenvalue weighted by atomic mass is 9.94. The van der Waals surface area contributed by atoms with Crippen LogP contribution >= 0.6 is 0 Å². The van der Waals surface area contributed by atoms with Crippen molar-refractivity contribution < 1.29 is 9.32 Å². The second-order valence-corrected chi connectivity index (χ2v) is 6.60. The maximum Gasteiger partial charge on any atom is 0.258 e. The van der Waals surface area contributed by atoms with E-state index in [0.29, 0.717) is 34.8 Å². The number of benzene rings is 2. The number of hydrogen-bond acceptors (Lipinski definition) is 5. The zero-order valence-corrected chi connectivity index (χ0v) is 15.5. The van der Waals surface area contributed by atoms with Crippen molar-refractivity contribution in [1.29, 1.82) is 0 Å². The highest BCUT2D eigenvalue weighted by molar-refractivity contribution is 6.13. The van der Waals surface area contributed by atoms with Crippen molar-refractivity contribution in [2.24, 2.45) is 0 Å². The van der Waals surface area contributed by atoms with Crippen molar-refractivity contribution in [1.82, 2.24) is 15.5 Å². The average molecular weight is 349 g/mol. The minimum atomic E-state index is -0.0369. The fourth-order valence-corrected chi connectivity index (χ4v) is 2.82. The molecule has 0 spiro atoms. The van der Waals surface area contributed by atoms with E-state index in [2.05, 4.69) is 15.5 Å². The van der Waals surface area contributed by atoms with E-state index in [1.807, 2.05) is 64.2 Å². The molecule has 5 heteroatoms. The van der Waals surface area contributed by atoms with E-state index < -0.39 is 0 Å².